The molecule has 2 fully saturated rings. The van der Waals surface area contributed by atoms with Gasteiger partial charge in [0.2, 0.25) is 0 Å². The average molecular weight is 156 g/mol. The lowest BCUT2D eigenvalue weighted by molar-refractivity contribution is -0.301. The van der Waals surface area contributed by atoms with Crippen molar-refractivity contribution in [1.82, 2.24) is 0 Å². The second-order valence-electron chi connectivity index (χ2n) is 3.06. The summed E-state index contributed by atoms with van der Waals surface area (Å²) in [6.07, 6.45) is 1.75. The van der Waals surface area contributed by atoms with Crippen LogP contribution in [-0.2, 0) is 14.2 Å². The van der Waals surface area contributed by atoms with Gasteiger partial charge in [-0.3, -0.25) is 0 Å². The molecule has 2 rings (SSSR count). The molecule has 2 saturated heterocycles. The topological polar surface area (TPSA) is 27.7 Å². The largest absolute Gasteiger partial charge is 0.444 e. The quantitative estimate of drug-likeness (QED) is 0.530. The fourth-order valence-corrected chi connectivity index (χ4v) is 1.42. The highest BCUT2D eigenvalue weighted by molar-refractivity contribution is 4.93. The van der Waals surface area contributed by atoms with Crippen LogP contribution in [0.5, 0.6) is 0 Å². The zero-order valence-electron chi connectivity index (χ0n) is 6.63. The summed E-state index contributed by atoms with van der Waals surface area (Å²) < 4.78 is 16.2. The van der Waals surface area contributed by atoms with Crippen LogP contribution in [0.15, 0.2) is 12.3 Å². The molecule has 11 heavy (non-hydrogen) atoms. The lowest BCUT2D eigenvalue weighted by Crippen LogP contribution is -2.28. The third-order valence-corrected chi connectivity index (χ3v) is 1.93. The highest BCUT2D eigenvalue weighted by atomic mass is 16.9. The number of rotatable bonds is 0. The van der Waals surface area contributed by atoms with E-state index in [1.807, 2.05) is 6.92 Å². The fourth-order valence-electron chi connectivity index (χ4n) is 1.42. The van der Waals surface area contributed by atoms with E-state index in [1.165, 1.54) is 0 Å². The summed E-state index contributed by atoms with van der Waals surface area (Å²) in [7, 11) is 0. The van der Waals surface area contributed by atoms with Crippen LogP contribution in [-0.4, -0.2) is 18.7 Å². The first-order chi connectivity index (χ1) is 5.20. The Kier molecular flexibility index (Phi) is 1.44. The van der Waals surface area contributed by atoms with E-state index in [1.54, 1.807) is 0 Å². The van der Waals surface area contributed by atoms with E-state index in [0.29, 0.717) is 6.61 Å². The van der Waals surface area contributed by atoms with Crippen LogP contribution in [0.1, 0.15) is 19.8 Å². The van der Waals surface area contributed by atoms with Gasteiger partial charge in [-0.25, -0.2) is 0 Å². The fraction of sp³-hybridized carbons (Fsp3) is 0.750. The SMILES string of the molecule is C=C1CCC2(OCC(C)O2)O1. The van der Waals surface area contributed by atoms with Crippen molar-refractivity contribution in [2.75, 3.05) is 6.61 Å². The van der Waals surface area contributed by atoms with E-state index in [2.05, 4.69) is 6.58 Å². The normalized spacial score (nSPS) is 43.4. The third kappa shape index (κ3) is 1.14. The first kappa shape index (κ1) is 7.13. The Bertz CT molecular complexity index is 190. The van der Waals surface area contributed by atoms with Crippen LogP contribution in [0, 0.1) is 0 Å². The number of allylic oxidation sites excluding steroid dienone is 1. The Hall–Kier alpha value is -0.540. The van der Waals surface area contributed by atoms with Gasteiger partial charge in [0.1, 0.15) is 0 Å². The Morgan fingerprint density at radius 1 is 1.64 bits per heavy atom. The number of hydrogen-bond donors (Lipinski definition) is 0. The van der Waals surface area contributed by atoms with Crippen LogP contribution < -0.4 is 0 Å². The maximum absolute atomic E-state index is 5.47. The van der Waals surface area contributed by atoms with Gasteiger partial charge in [-0.15, -0.1) is 0 Å². The first-order valence-electron chi connectivity index (χ1n) is 3.89. The summed E-state index contributed by atoms with van der Waals surface area (Å²) in [6, 6.07) is 0. The van der Waals surface area contributed by atoms with Gasteiger partial charge in [0.25, 0.3) is 0 Å². The molecule has 0 N–H and O–H groups in total. The number of hydrogen-bond acceptors (Lipinski definition) is 3. The van der Waals surface area contributed by atoms with Gasteiger partial charge < -0.3 is 14.2 Å². The molecule has 3 heteroatoms. The Morgan fingerprint density at radius 3 is 2.91 bits per heavy atom. The van der Waals surface area contributed by atoms with E-state index < -0.39 is 5.97 Å². The monoisotopic (exact) mass is 156 g/mol. The molecular formula is C8H12O3. The van der Waals surface area contributed by atoms with Crippen LogP contribution >= 0.6 is 0 Å². The van der Waals surface area contributed by atoms with Crippen molar-refractivity contribution in [3.05, 3.63) is 12.3 Å². The Labute approximate surface area is 65.9 Å². The molecule has 0 saturated carbocycles. The van der Waals surface area contributed by atoms with Gasteiger partial charge >= 0.3 is 5.97 Å². The zero-order chi connectivity index (χ0) is 7.90. The van der Waals surface area contributed by atoms with Crippen molar-refractivity contribution >= 4 is 0 Å². The minimum Gasteiger partial charge on any atom is -0.444 e. The van der Waals surface area contributed by atoms with Crippen LogP contribution in [0.25, 0.3) is 0 Å². The second-order valence-corrected chi connectivity index (χ2v) is 3.06. The minimum atomic E-state index is -0.767. The van der Waals surface area contributed by atoms with Crippen LogP contribution in [0.2, 0.25) is 0 Å². The van der Waals surface area contributed by atoms with E-state index in [-0.39, 0.29) is 6.10 Å². The molecule has 0 aromatic rings. The van der Waals surface area contributed by atoms with Gasteiger partial charge in [0.15, 0.2) is 0 Å². The van der Waals surface area contributed by atoms with Gasteiger partial charge in [-0.05, 0) is 6.92 Å². The molecule has 2 unspecified atom stereocenters. The van der Waals surface area contributed by atoms with Crippen molar-refractivity contribution in [1.29, 1.82) is 0 Å². The van der Waals surface area contributed by atoms with Crippen molar-refractivity contribution < 1.29 is 14.2 Å². The Balaban J connectivity index is 2.07. The lowest BCUT2D eigenvalue weighted by Gasteiger charge is -2.20. The summed E-state index contributed by atoms with van der Waals surface area (Å²) in [5, 5.41) is 0. The molecule has 2 heterocycles. The standard InChI is InChI=1S/C8H12O3/c1-6-3-4-8(10-6)9-5-7(2)11-8/h7H,1,3-5H2,2H3. The summed E-state index contributed by atoms with van der Waals surface area (Å²) in [4.78, 5) is 0. The maximum atomic E-state index is 5.47. The van der Waals surface area contributed by atoms with Crippen molar-refractivity contribution in [3.63, 3.8) is 0 Å². The number of ether oxygens (including phenoxy) is 3. The molecule has 0 aromatic heterocycles. The molecular weight excluding hydrogens is 144 g/mol. The molecule has 0 bridgehead atoms. The highest BCUT2D eigenvalue weighted by Crippen LogP contribution is 2.38. The molecule has 2 aliphatic rings. The average Bonchev–Trinajstić information content (AvgIpc) is 2.44. The van der Waals surface area contributed by atoms with Crippen LogP contribution in [0.4, 0.5) is 0 Å². The first-order valence-corrected chi connectivity index (χ1v) is 3.89. The maximum Gasteiger partial charge on any atom is 0.327 e. The Morgan fingerprint density at radius 2 is 2.45 bits per heavy atom. The van der Waals surface area contributed by atoms with Gasteiger partial charge in [-0.1, -0.05) is 6.58 Å². The molecule has 0 amide bonds. The van der Waals surface area contributed by atoms with Gasteiger partial charge in [-0.2, -0.15) is 0 Å². The van der Waals surface area contributed by atoms with E-state index in [4.69, 9.17) is 14.2 Å². The van der Waals surface area contributed by atoms with Crippen molar-refractivity contribution in [2.24, 2.45) is 0 Å². The molecule has 2 atom stereocenters. The summed E-state index contributed by atoms with van der Waals surface area (Å²) in [5.41, 5.74) is 0. The highest BCUT2D eigenvalue weighted by Gasteiger charge is 2.46. The summed E-state index contributed by atoms with van der Waals surface area (Å²) in [6.45, 7) is 6.31. The molecule has 0 aromatic carbocycles. The van der Waals surface area contributed by atoms with Gasteiger partial charge in [0, 0.05) is 12.8 Å². The minimum absolute atomic E-state index is 0.140. The van der Waals surface area contributed by atoms with E-state index in [9.17, 15) is 0 Å². The van der Waals surface area contributed by atoms with Gasteiger partial charge in [0.05, 0.1) is 18.5 Å². The van der Waals surface area contributed by atoms with Crippen molar-refractivity contribution in [3.8, 4) is 0 Å². The summed E-state index contributed by atoms with van der Waals surface area (Å²) in [5.74, 6) is -0.00431. The zero-order valence-corrected chi connectivity index (χ0v) is 6.63. The second kappa shape index (κ2) is 2.22. The molecule has 62 valence electrons. The van der Waals surface area contributed by atoms with E-state index in [0.717, 1.165) is 18.6 Å². The predicted molar refractivity (Wildman–Crippen MR) is 38.7 cm³/mol. The summed E-state index contributed by atoms with van der Waals surface area (Å²) >= 11 is 0. The molecule has 0 aliphatic carbocycles. The third-order valence-electron chi connectivity index (χ3n) is 1.93. The van der Waals surface area contributed by atoms with Crippen molar-refractivity contribution in [2.45, 2.75) is 31.8 Å². The lowest BCUT2D eigenvalue weighted by atomic mass is 10.3. The molecule has 3 nitrogen and oxygen atoms in total. The molecule has 0 radical (unpaired) electrons. The molecule has 2 aliphatic heterocycles. The smallest absolute Gasteiger partial charge is 0.327 e. The molecule has 1 spiro atoms. The van der Waals surface area contributed by atoms with E-state index >= 15 is 0 Å². The van der Waals surface area contributed by atoms with Crippen LogP contribution in [0.3, 0.4) is 0 Å². The predicted octanol–water partition coefficient (Wildman–Crippen LogP) is 1.40.